The number of amides is 1. The number of hydrogen-bond acceptors (Lipinski definition) is 3. The Kier molecular flexibility index (Phi) is 3.66. The van der Waals surface area contributed by atoms with Crippen LogP contribution in [-0.4, -0.2) is 15.8 Å². The molecule has 0 fully saturated rings. The van der Waals surface area contributed by atoms with Gasteiger partial charge in [-0.1, -0.05) is 15.9 Å². The van der Waals surface area contributed by atoms with E-state index in [9.17, 15) is 14.9 Å². The summed E-state index contributed by atoms with van der Waals surface area (Å²) in [6, 6.07) is 6.56. The predicted octanol–water partition coefficient (Wildman–Crippen LogP) is 3.25. The van der Waals surface area contributed by atoms with Crippen molar-refractivity contribution in [1.82, 2.24) is 4.98 Å². The molecule has 0 atom stereocenters. The Morgan fingerprint density at radius 1 is 1.42 bits per heavy atom. The number of carbonyl (C=O) groups excluding carboxylic acids is 1. The molecule has 2 aromatic rings. The first kappa shape index (κ1) is 13.3. The van der Waals surface area contributed by atoms with Gasteiger partial charge < -0.3 is 10.3 Å². The van der Waals surface area contributed by atoms with Gasteiger partial charge in [0.1, 0.15) is 5.69 Å². The third-order valence-electron chi connectivity index (χ3n) is 2.54. The molecule has 0 aliphatic heterocycles. The average molecular weight is 324 g/mol. The van der Waals surface area contributed by atoms with Crippen molar-refractivity contribution < 1.29 is 9.72 Å². The number of aromatic nitrogens is 1. The Morgan fingerprint density at radius 3 is 2.74 bits per heavy atom. The molecule has 2 rings (SSSR count). The van der Waals surface area contributed by atoms with Crippen molar-refractivity contribution in [1.29, 1.82) is 0 Å². The van der Waals surface area contributed by atoms with Gasteiger partial charge in [0.25, 0.3) is 11.6 Å². The largest absolute Gasteiger partial charge is 0.351 e. The number of benzene rings is 1. The number of halogens is 1. The van der Waals surface area contributed by atoms with Crippen LogP contribution >= 0.6 is 15.9 Å². The van der Waals surface area contributed by atoms with Crippen LogP contribution < -0.4 is 5.32 Å². The highest BCUT2D eigenvalue weighted by molar-refractivity contribution is 9.10. The lowest BCUT2D eigenvalue weighted by atomic mass is 10.2. The Balaban J connectivity index is 2.15. The molecule has 7 heteroatoms. The molecule has 0 unspecified atom stereocenters. The van der Waals surface area contributed by atoms with Crippen molar-refractivity contribution >= 4 is 33.2 Å². The molecular formula is C12H10BrN3O3. The first-order valence-corrected chi connectivity index (χ1v) is 6.17. The summed E-state index contributed by atoms with van der Waals surface area (Å²) in [6.07, 6.45) is 1.18. The van der Waals surface area contributed by atoms with Gasteiger partial charge in [0.05, 0.1) is 11.1 Å². The molecule has 98 valence electrons. The minimum atomic E-state index is -0.558. The number of nitrogens with one attached hydrogen (secondary N) is 2. The SMILES string of the molecule is Cc1cc(NC(=O)c2cc([N+](=O)[O-])c[nH]2)ccc1Br. The zero-order valence-electron chi connectivity index (χ0n) is 9.94. The van der Waals surface area contributed by atoms with Gasteiger partial charge in [-0.3, -0.25) is 14.9 Å². The number of anilines is 1. The smallest absolute Gasteiger partial charge is 0.287 e. The number of nitrogens with zero attached hydrogens (tertiary/aromatic N) is 1. The molecule has 1 heterocycles. The molecule has 1 amide bonds. The van der Waals surface area contributed by atoms with Crippen LogP contribution in [0.15, 0.2) is 34.9 Å². The van der Waals surface area contributed by atoms with Crippen LogP contribution in [0.1, 0.15) is 16.1 Å². The van der Waals surface area contributed by atoms with Gasteiger partial charge in [-0.15, -0.1) is 0 Å². The minimum Gasteiger partial charge on any atom is -0.351 e. The van der Waals surface area contributed by atoms with Gasteiger partial charge in [-0.2, -0.15) is 0 Å². The van der Waals surface area contributed by atoms with E-state index in [4.69, 9.17) is 0 Å². The zero-order valence-corrected chi connectivity index (χ0v) is 11.5. The normalized spacial score (nSPS) is 10.2. The van der Waals surface area contributed by atoms with Crippen molar-refractivity contribution in [3.8, 4) is 0 Å². The van der Waals surface area contributed by atoms with Crippen molar-refractivity contribution in [2.45, 2.75) is 6.92 Å². The lowest BCUT2D eigenvalue weighted by molar-refractivity contribution is -0.384. The lowest BCUT2D eigenvalue weighted by Crippen LogP contribution is -2.12. The monoisotopic (exact) mass is 323 g/mol. The second-order valence-electron chi connectivity index (χ2n) is 3.95. The Morgan fingerprint density at radius 2 is 2.16 bits per heavy atom. The van der Waals surface area contributed by atoms with E-state index in [1.54, 1.807) is 12.1 Å². The average Bonchev–Trinajstić information content (AvgIpc) is 2.83. The number of rotatable bonds is 3. The van der Waals surface area contributed by atoms with E-state index in [1.807, 2.05) is 13.0 Å². The summed E-state index contributed by atoms with van der Waals surface area (Å²) >= 11 is 3.37. The fourth-order valence-corrected chi connectivity index (χ4v) is 1.79. The molecule has 1 aromatic heterocycles. The quantitative estimate of drug-likeness (QED) is 0.671. The maximum absolute atomic E-state index is 11.9. The second kappa shape index (κ2) is 5.23. The summed E-state index contributed by atoms with van der Waals surface area (Å²) in [5.41, 5.74) is 1.61. The fraction of sp³-hybridized carbons (Fsp3) is 0.0833. The molecular weight excluding hydrogens is 314 g/mol. The highest BCUT2D eigenvalue weighted by Gasteiger charge is 2.14. The zero-order chi connectivity index (χ0) is 14.0. The molecule has 0 spiro atoms. The van der Waals surface area contributed by atoms with Crippen LogP contribution in [0.25, 0.3) is 0 Å². The van der Waals surface area contributed by atoms with Crippen molar-refractivity contribution in [3.05, 3.63) is 56.3 Å². The molecule has 0 bridgehead atoms. The minimum absolute atomic E-state index is 0.142. The third-order valence-corrected chi connectivity index (χ3v) is 3.43. The van der Waals surface area contributed by atoms with E-state index in [0.29, 0.717) is 5.69 Å². The summed E-state index contributed by atoms with van der Waals surface area (Å²) in [5.74, 6) is -0.421. The van der Waals surface area contributed by atoms with Gasteiger partial charge >= 0.3 is 0 Å². The van der Waals surface area contributed by atoms with Gasteiger partial charge in [0.15, 0.2) is 0 Å². The van der Waals surface area contributed by atoms with E-state index in [1.165, 1.54) is 12.3 Å². The third kappa shape index (κ3) is 3.00. The van der Waals surface area contributed by atoms with Crippen LogP contribution in [0.2, 0.25) is 0 Å². The molecule has 0 saturated carbocycles. The number of nitro groups is 1. The maximum atomic E-state index is 11.9. The van der Waals surface area contributed by atoms with Gasteiger partial charge in [0.2, 0.25) is 0 Å². The lowest BCUT2D eigenvalue weighted by Gasteiger charge is -2.05. The second-order valence-corrected chi connectivity index (χ2v) is 4.80. The standard InChI is InChI=1S/C12H10BrN3O3/c1-7-4-8(2-3-10(7)13)15-12(17)11-5-9(6-14-11)16(18)19/h2-6,14H,1H3,(H,15,17). The Hall–Kier alpha value is -2.15. The summed E-state index contributed by atoms with van der Waals surface area (Å²) in [6.45, 7) is 1.90. The molecule has 0 saturated heterocycles. The van der Waals surface area contributed by atoms with Crippen LogP contribution in [0, 0.1) is 17.0 Å². The number of carbonyl (C=O) groups is 1. The topological polar surface area (TPSA) is 88.0 Å². The van der Waals surface area contributed by atoms with E-state index in [2.05, 4.69) is 26.2 Å². The molecule has 0 aliphatic carbocycles. The highest BCUT2D eigenvalue weighted by atomic mass is 79.9. The van der Waals surface area contributed by atoms with E-state index in [0.717, 1.165) is 10.0 Å². The summed E-state index contributed by atoms with van der Waals surface area (Å²) < 4.78 is 0.945. The van der Waals surface area contributed by atoms with E-state index in [-0.39, 0.29) is 11.4 Å². The summed E-state index contributed by atoms with van der Waals surface area (Å²) in [5, 5.41) is 13.2. The molecule has 19 heavy (non-hydrogen) atoms. The van der Waals surface area contributed by atoms with Crippen molar-refractivity contribution in [2.75, 3.05) is 5.32 Å². The number of hydrogen-bond donors (Lipinski definition) is 2. The summed E-state index contributed by atoms with van der Waals surface area (Å²) in [7, 11) is 0. The van der Waals surface area contributed by atoms with E-state index < -0.39 is 10.8 Å². The first-order chi connectivity index (χ1) is 8.97. The molecule has 6 nitrogen and oxygen atoms in total. The van der Waals surface area contributed by atoms with Crippen LogP contribution in [0.3, 0.4) is 0 Å². The number of aromatic amines is 1. The number of aryl methyl sites for hydroxylation is 1. The Bertz CT molecular complexity index is 651. The van der Waals surface area contributed by atoms with Crippen LogP contribution in [-0.2, 0) is 0 Å². The molecule has 2 N–H and O–H groups in total. The van der Waals surface area contributed by atoms with Crippen LogP contribution in [0.5, 0.6) is 0 Å². The number of H-pyrrole nitrogens is 1. The van der Waals surface area contributed by atoms with E-state index >= 15 is 0 Å². The Labute approximate surface area is 117 Å². The van der Waals surface area contributed by atoms with Gasteiger partial charge in [0, 0.05) is 16.2 Å². The fourth-order valence-electron chi connectivity index (χ4n) is 1.54. The van der Waals surface area contributed by atoms with Gasteiger partial charge in [-0.05, 0) is 30.7 Å². The van der Waals surface area contributed by atoms with Crippen molar-refractivity contribution in [3.63, 3.8) is 0 Å². The van der Waals surface area contributed by atoms with Gasteiger partial charge in [-0.25, -0.2) is 0 Å². The maximum Gasteiger partial charge on any atom is 0.287 e. The first-order valence-electron chi connectivity index (χ1n) is 5.37. The molecule has 0 aliphatic rings. The molecule has 0 radical (unpaired) electrons. The summed E-state index contributed by atoms with van der Waals surface area (Å²) in [4.78, 5) is 24.4. The highest BCUT2D eigenvalue weighted by Crippen LogP contribution is 2.21. The predicted molar refractivity (Wildman–Crippen MR) is 74.3 cm³/mol. The van der Waals surface area contributed by atoms with Crippen molar-refractivity contribution in [2.24, 2.45) is 0 Å². The van der Waals surface area contributed by atoms with Crippen LogP contribution in [0.4, 0.5) is 11.4 Å². The molecule has 1 aromatic carbocycles.